The molecule has 3 aromatic carbocycles. The Balaban J connectivity index is 0.00000190. The summed E-state index contributed by atoms with van der Waals surface area (Å²) in [5.41, 5.74) is 1.72. The van der Waals surface area contributed by atoms with Crippen LogP contribution in [0.15, 0.2) is 90.1 Å². The molecule has 5 N–H and O–H groups in total. The smallest absolute Gasteiger partial charge is 0.335 e. The van der Waals surface area contributed by atoms with Crippen molar-refractivity contribution in [2.75, 3.05) is 0 Å². The van der Waals surface area contributed by atoms with Gasteiger partial charge in [-0.2, -0.15) is 0 Å². The Bertz CT molecular complexity index is 1650. The number of pyridine rings is 1. The number of nitrogens with zero attached hydrogens (tertiary/aromatic N) is 2. The highest BCUT2D eigenvalue weighted by Gasteiger charge is 2.37. The number of carboxylic acids is 1. The van der Waals surface area contributed by atoms with E-state index in [-0.39, 0.29) is 29.0 Å². The normalized spacial score (nSPS) is 12.3. The van der Waals surface area contributed by atoms with Crippen molar-refractivity contribution in [2.45, 2.75) is 5.60 Å². The van der Waals surface area contributed by atoms with Gasteiger partial charge in [-0.05, 0) is 58.7 Å². The third-order valence-electron chi connectivity index (χ3n) is 6.13. The van der Waals surface area contributed by atoms with Crippen LogP contribution in [0.1, 0.15) is 27.2 Å². The van der Waals surface area contributed by atoms with E-state index in [2.05, 4.69) is 9.97 Å². The second-order valence-corrected chi connectivity index (χ2v) is 8.74. The first-order valence-corrected chi connectivity index (χ1v) is 11.1. The summed E-state index contributed by atoms with van der Waals surface area (Å²) in [5, 5.41) is 22.8. The molecule has 2 aromatic heterocycles. The van der Waals surface area contributed by atoms with Crippen LogP contribution < -0.4 is 5.56 Å². The quantitative estimate of drug-likeness (QED) is 0.307. The Morgan fingerprint density at radius 1 is 1.03 bits per heavy atom. The van der Waals surface area contributed by atoms with E-state index < -0.39 is 11.6 Å². The molecule has 5 aromatic rings. The maximum Gasteiger partial charge on any atom is 0.335 e. The van der Waals surface area contributed by atoms with Crippen molar-refractivity contribution in [1.29, 1.82) is 0 Å². The van der Waals surface area contributed by atoms with Crippen LogP contribution in [0.25, 0.3) is 22.0 Å². The van der Waals surface area contributed by atoms with E-state index in [0.717, 1.165) is 5.56 Å². The largest absolute Gasteiger partial charge is 0.478 e. The van der Waals surface area contributed by atoms with Crippen molar-refractivity contribution in [1.82, 2.24) is 14.5 Å². The first-order chi connectivity index (χ1) is 16.8. The lowest BCUT2D eigenvalue weighted by molar-refractivity contribution is 0.0696. The zero-order valence-corrected chi connectivity index (χ0v) is 21.0. The molecule has 8 nitrogen and oxygen atoms in total. The van der Waals surface area contributed by atoms with E-state index in [1.165, 1.54) is 18.2 Å². The summed E-state index contributed by atoms with van der Waals surface area (Å²) in [7, 11) is 1.77. The molecule has 0 bridgehead atoms. The van der Waals surface area contributed by atoms with Gasteiger partial charge in [-0.1, -0.05) is 41.9 Å². The van der Waals surface area contributed by atoms with Crippen LogP contribution >= 0.6 is 24.0 Å². The van der Waals surface area contributed by atoms with E-state index in [0.29, 0.717) is 38.3 Å². The van der Waals surface area contributed by atoms with Gasteiger partial charge in [0.05, 0.1) is 23.8 Å². The molecule has 10 heteroatoms. The molecule has 0 saturated heterocycles. The number of rotatable bonds is 5. The number of hydrogen-bond acceptors (Lipinski definition) is 4. The minimum atomic E-state index is -1.65. The summed E-state index contributed by atoms with van der Waals surface area (Å²) in [6.07, 6.45) is 3.15. The number of H-pyrrole nitrogens is 1. The molecule has 0 amide bonds. The summed E-state index contributed by atoms with van der Waals surface area (Å²) < 4.78 is 1.71. The first kappa shape index (κ1) is 27.6. The maximum atomic E-state index is 12.4. The molecule has 1 unspecified atom stereocenters. The molecule has 37 heavy (non-hydrogen) atoms. The van der Waals surface area contributed by atoms with Gasteiger partial charge in [0.1, 0.15) is 0 Å². The highest BCUT2D eigenvalue weighted by atomic mass is 35.5. The lowest BCUT2D eigenvalue weighted by atomic mass is 9.82. The zero-order chi connectivity index (χ0) is 24.7. The molecule has 2 heterocycles. The lowest BCUT2D eigenvalue weighted by Gasteiger charge is -2.30. The molecule has 0 radical (unpaired) electrons. The molecule has 5 rings (SSSR count). The van der Waals surface area contributed by atoms with Crippen LogP contribution in [-0.2, 0) is 12.6 Å². The fraction of sp³-hybridized carbons (Fsp3) is 0.0741. The van der Waals surface area contributed by atoms with Crippen LogP contribution in [-0.4, -0.2) is 36.2 Å². The number of halogens is 2. The number of benzene rings is 3. The molecule has 1 atom stereocenters. The average molecular weight is 540 g/mol. The lowest BCUT2D eigenvalue weighted by Crippen LogP contribution is -2.31. The van der Waals surface area contributed by atoms with Crippen molar-refractivity contribution in [2.24, 2.45) is 7.05 Å². The topological polar surface area (TPSA) is 140 Å². The van der Waals surface area contributed by atoms with Crippen molar-refractivity contribution in [3.8, 4) is 11.1 Å². The fourth-order valence-electron chi connectivity index (χ4n) is 4.40. The van der Waals surface area contributed by atoms with Crippen molar-refractivity contribution in [3.05, 3.63) is 123 Å². The number of aromatic carboxylic acids is 1. The van der Waals surface area contributed by atoms with Gasteiger partial charge in [-0.15, -0.1) is 12.4 Å². The van der Waals surface area contributed by atoms with Gasteiger partial charge in [0, 0.05) is 29.0 Å². The summed E-state index contributed by atoms with van der Waals surface area (Å²) in [4.78, 5) is 30.8. The maximum absolute atomic E-state index is 12.4. The molecule has 0 spiro atoms. The van der Waals surface area contributed by atoms with Gasteiger partial charge in [-0.25, -0.2) is 9.78 Å². The Morgan fingerprint density at radius 3 is 2.35 bits per heavy atom. The molecule has 0 saturated carbocycles. The van der Waals surface area contributed by atoms with Gasteiger partial charge < -0.3 is 25.2 Å². The zero-order valence-electron chi connectivity index (χ0n) is 19.5. The highest BCUT2D eigenvalue weighted by Crippen LogP contribution is 2.39. The van der Waals surface area contributed by atoms with Gasteiger partial charge in [0.15, 0.2) is 5.60 Å². The molecule has 0 fully saturated rings. The minimum Gasteiger partial charge on any atom is -0.478 e. The second-order valence-electron chi connectivity index (χ2n) is 8.30. The molecule has 0 aliphatic rings. The molecular weight excluding hydrogens is 517 g/mol. The number of hydrogen-bond donors (Lipinski definition) is 3. The minimum absolute atomic E-state index is 0. The Morgan fingerprint density at radius 2 is 1.73 bits per heavy atom. The van der Waals surface area contributed by atoms with Crippen molar-refractivity contribution in [3.63, 3.8) is 0 Å². The van der Waals surface area contributed by atoms with Gasteiger partial charge >= 0.3 is 5.97 Å². The van der Waals surface area contributed by atoms with Gasteiger partial charge in [-0.3, -0.25) is 4.79 Å². The van der Waals surface area contributed by atoms with E-state index in [1.807, 2.05) is 18.2 Å². The summed E-state index contributed by atoms with van der Waals surface area (Å²) >= 11 is 6.21. The van der Waals surface area contributed by atoms with Gasteiger partial charge in [0.2, 0.25) is 5.56 Å². The number of aromatic amines is 1. The van der Waals surface area contributed by atoms with Gasteiger partial charge in [0.25, 0.3) is 0 Å². The number of fused-ring (bicyclic) bond motifs is 1. The number of imidazole rings is 1. The van der Waals surface area contributed by atoms with Crippen LogP contribution in [0.2, 0.25) is 5.02 Å². The first-order valence-electron chi connectivity index (χ1n) is 10.7. The third kappa shape index (κ3) is 4.87. The number of carboxylic acid groups (broad SMARTS) is 1. The SMILES string of the molecule is Cl.Cn1cncc1C(O)(c1ccc(C(=O)O)cc1)c1ccc2[nH]c(=O)cc(-c3cccc(Cl)c3)c2c1.O. The summed E-state index contributed by atoms with van der Waals surface area (Å²) in [5.74, 6) is -1.05. The molecule has 190 valence electrons. The third-order valence-corrected chi connectivity index (χ3v) is 6.37. The fourth-order valence-corrected chi connectivity index (χ4v) is 4.59. The summed E-state index contributed by atoms with van der Waals surface area (Å²) in [6.45, 7) is 0. The number of carbonyl (C=O) groups is 1. The Hall–Kier alpha value is -3.95. The number of aryl methyl sites for hydroxylation is 1. The molecule has 0 aliphatic heterocycles. The van der Waals surface area contributed by atoms with Crippen LogP contribution in [0.4, 0.5) is 0 Å². The molecular formula is C27H23Cl2N3O5. The monoisotopic (exact) mass is 539 g/mol. The van der Waals surface area contributed by atoms with Crippen LogP contribution in [0.5, 0.6) is 0 Å². The van der Waals surface area contributed by atoms with E-state index in [4.69, 9.17) is 11.6 Å². The van der Waals surface area contributed by atoms with Crippen molar-refractivity contribution < 1.29 is 20.5 Å². The summed E-state index contributed by atoms with van der Waals surface area (Å²) in [6, 6.07) is 20.1. The Kier molecular flexibility index (Phi) is 7.90. The van der Waals surface area contributed by atoms with E-state index in [9.17, 15) is 19.8 Å². The van der Waals surface area contributed by atoms with Crippen LogP contribution in [0, 0.1) is 0 Å². The standard InChI is InChI=1S/C27H20ClN3O4.ClH.H2O/c1-31-15-29-14-24(31)27(35,18-7-5-16(6-8-18)26(33)34)19-9-10-23-22(12-19)21(13-25(32)30-23)17-3-2-4-20(28)11-17;;/h2-15,35H,1H3,(H,30,32)(H,33,34);1H;1H2. The predicted octanol–water partition coefficient (Wildman–Crippen LogP) is 4.16. The van der Waals surface area contributed by atoms with E-state index >= 15 is 0 Å². The van der Waals surface area contributed by atoms with E-state index in [1.54, 1.807) is 60.5 Å². The molecule has 0 aliphatic carbocycles. The highest BCUT2D eigenvalue weighted by molar-refractivity contribution is 6.30. The number of aromatic nitrogens is 3. The average Bonchev–Trinajstić information content (AvgIpc) is 3.29. The Labute approximate surface area is 222 Å². The van der Waals surface area contributed by atoms with Crippen molar-refractivity contribution >= 4 is 40.9 Å². The predicted molar refractivity (Wildman–Crippen MR) is 145 cm³/mol. The number of aliphatic hydroxyl groups is 1. The van der Waals surface area contributed by atoms with Crippen LogP contribution in [0.3, 0.4) is 0 Å². The second kappa shape index (κ2) is 10.6. The number of nitrogens with one attached hydrogen (secondary N) is 1.